The Morgan fingerprint density at radius 2 is 1.72 bits per heavy atom. The van der Waals surface area contributed by atoms with E-state index in [4.69, 9.17) is 4.74 Å². The fourth-order valence-corrected chi connectivity index (χ4v) is 2.44. The second-order valence-electron chi connectivity index (χ2n) is 5.63. The van der Waals surface area contributed by atoms with E-state index in [1.165, 1.54) is 45.7 Å². The molecular weight excluding hydrogens is 226 g/mol. The maximum Gasteiger partial charge on any atom is 0.0587 e. The third-order valence-electron chi connectivity index (χ3n) is 3.40. The van der Waals surface area contributed by atoms with Crippen LogP contribution in [0, 0.1) is 5.92 Å². The fourth-order valence-electron chi connectivity index (χ4n) is 2.44. The number of nitrogens with zero attached hydrogens (tertiary/aromatic N) is 2. The molecule has 0 saturated carbocycles. The minimum Gasteiger partial charge on any atom is -0.383 e. The first kappa shape index (κ1) is 15.9. The van der Waals surface area contributed by atoms with Gasteiger partial charge in [0.05, 0.1) is 6.61 Å². The van der Waals surface area contributed by atoms with Crippen molar-refractivity contribution in [1.82, 2.24) is 15.1 Å². The summed E-state index contributed by atoms with van der Waals surface area (Å²) in [6.45, 7) is 15.0. The molecule has 0 aliphatic carbocycles. The molecule has 108 valence electrons. The minimum absolute atomic E-state index is 0.793. The molecule has 1 heterocycles. The van der Waals surface area contributed by atoms with Crippen molar-refractivity contribution < 1.29 is 4.74 Å². The summed E-state index contributed by atoms with van der Waals surface area (Å²) >= 11 is 0. The molecule has 0 spiro atoms. The Morgan fingerprint density at radius 1 is 1.06 bits per heavy atom. The van der Waals surface area contributed by atoms with E-state index >= 15 is 0 Å². The maximum atomic E-state index is 5.00. The molecule has 1 rings (SSSR count). The summed E-state index contributed by atoms with van der Waals surface area (Å²) in [5, 5.41) is 3.40. The van der Waals surface area contributed by atoms with Gasteiger partial charge < -0.3 is 19.9 Å². The molecule has 0 atom stereocenters. The molecule has 0 amide bonds. The summed E-state index contributed by atoms with van der Waals surface area (Å²) in [4.78, 5) is 5.19. The number of hydrogen-bond acceptors (Lipinski definition) is 4. The van der Waals surface area contributed by atoms with Gasteiger partial charge in [-0.05, 0) is 25.4 Å². The van der Waals surface area contributed by atoms with E-state index in [0.717, 1.165) is 25.6 Å². The van der Waals surface area contributed by atoms with Gasteiger partial charge in [0.2, 0.25) is 0 Å². The Balaban J connectivity index is 1.95. The molecule has 4 nitrogen and oxygen atoms in total. The molecule has 1 fully saturated rings. The van der Waals surface area contributed by atoms with Gasteiger partial charge in [0, 0.05) is 46.4 Å². The third-order valence-corrected chi connectivity index (χ3v) is 3.40. The van der Waals surface area contributed by atoms with Gasteiger partial charge in [-0.2, -0.15) is 0 Å². The van der Waals surface area contributed by atoms with Crippen molar-refractivity contribution in [3.05, 3.63) is 0 Å². The van der Waals surface area contributed by atoms with Crippen LogP contribution in [0.15, 0.2) is 0 Å². The lowest BCUT2D eigenvalue weighted by atomic mass is 10.2. The quantitative estimate of drug-likeness (QED) is 0.621. The van der Waals surface area contributed by atoms with E-state index in [1.54, 1.807) is 7.11 Å². The average Bonchev–Trinajstić information content (AvgIpc) is 2.35. The zero-order valence-corrected chi connectivity index (χ0v) is 12.5. The summed E-state index contributed by atoms with van der Waals surface area (Å²) in [6, 6.07) is 0. The number of nitrogens with one attached hydrogen (secondary N) is 1. The predicted molar refractivity (Wildman–Crippen MR) is 77.1 cm³/mol. The van der Waals surface area contributed by atoms with Crippen LogP contribution in [0.5, 0.6) is 0 Å². The molecule has 18 heavy (non-hydrogen) atoms. The Hall–Kier alpha value is -0.160. The van der Waals surface area contributed by atoms with Gasteiger partial charge in [0.1, 0.15) is 0 Å². The maximum absolute atomic E-state index is 5.00. The van der Waals surface area contributed by atoms with Crippen molar-refractivity contribution in [2.45, 2.75) is 20.3 Å². The molecule has 1 aliphatic heterocycles. The van der Waals surface area contributed by atoms with Crippen molar-refractivity contribution in [2.24, 2.45) is 5.92 Å². The summed E-state index contributed by atoms with van der Waals surface area (Å²) in [5.41, 5.74) is 0. The van der Waals surface area contributed by atoms with E-state index in [0.29, 0.717) is 0 Å². The molecule has 1 saturated heterocycles. The lowest BCUT2D eigenvalue weighted by Gasteiger charge is -2.35. The minimum atomic E-state index is 0.793. The Kier molecular flexibility index (Phi) is 8.59. The molecular formula is C14H31N3O. The number of ether oxygens (including phenoxy) is 1. The molecule has 0 bridgehead atoms. The summed E-state index contributed by atoms with van der Waals surface area (Å²) in [7, 11) is 1.75. The number of hydrogen-bond donors (Lipinski definition) is 1. The number of piperazine rings is 1. The normalized spacial score (nSPS) is 18.7. The van der Waals surface area contributed by atoms with Crippen LogP contribution in [0.3, 0.4) is 0 Å². The topological polar surface area (TPSA) is 27.7 Å². The first-order chi connectivity index (χ1) is 8.72. The van der Waals surface area contributed by atoms with Gasteiger partial charge in [-0.15, -0.1) is 0 Å². The summed E-state index contributed by atoms with van der Waals surface area (Å²) in [5.74, 6) is 0.793. The highest BCUT2D eigenvalue weighted by molar-refractivity contribution is 4.72. The second-order valence-corrected chi connectivity index (χ2v) is 5.63. The van der Waals surface area contributed by atoms with Crippen molar-refractivity contribution in [3.63, 3.8) is 0 Å². The van der Waals surface area contributed by atoms with Gasteiger partial charge in [-0.1, -0.05) is 13.8 Å². The van der Waals surface area contributed by atoms with Crippen molar-refractivity contribution in [2.75, 3.05) is 66.1 Å². The molecule has 0 aromatic rings. The number of methoxy groups -OCH3 is 1. The zero-order valence-electron chi connectivity index (χ0n) is 12.5. The van der Waals surface area contributed by atoms with Crippen LogP contribution in [-0.2, 0) is 4.74 Å². The Bertz CT molecular complexity index is 191. The zero-order chi connectivity index (χ0) is 13.2. The highest BCUT2D eigenvalue weighted by Crippen LogP contribution is 2.05. The molecule has 0 radical (unpaired) electrons. The third kappa shape index (κ3) is 7.31. The lowest BCUT2D eigenvalue weighted by Crippen LogP contribution is -2.47. The Labute approximate surface area is 113 Å². The van der Waals surface area contributed by atoms with Gasteiger partial charge in [-0.3, -0.25) is 0 Å². The largest absolute Gasteiger partial charge is 0.383 e. The highest BCUT2D eigenvalue weighted by Gasteiger charge is 2.16. The first-order valence-corrected chi connectivity index (χ1v) is 7.36. The van der Waals surface area contributed by atoms with Gasteiger partial charge >= 0.3 is 0 Å². The van der Waals surface area contributed by atoms with Crippen LogP contribution >= 0.6 is 0 Å². The van der Waals surface area contributed by atoms with Gasteiger partial charge in [0.15, 0.2) is 0 Å². The standard InChI is InChI=1S/C14H31N3O/c1-14(2)13-17-10-8-16(9-11-17)7-4-5-15-6-12-18-3/h14-15H,4-13H2,1-3H3. The summed E-state index contributed by atoms with van der Waals surface area (Å²) in [6.07, 6.45) is 1.24. The van der Waals surface area contributed by atoms with Crippen LogP contribution < -0.4 is 5.32 Å². The molecule has 0 aromatic carbocycles. The van der Waals surface area contributed by atoms with Crippen LogP contribution in [0.25, 0.3) is 0 Å². The van der Waals surface area contributed by atoms with Gasteiger partial charge in [0.25, 0.3) is 0 Å². The Morgan fingerprint density at radius 3 is 2.33 bits per heavy atom. The van der Waals surface area contributed by atoms with Crippen LogP contribution in [0.1, 0.15) is 20.3 Å². The smallest absolute Gasteiger partial charge is 0.0587 e. The molecule has 0 aromatic heterocycles. The van der Waals surface area contributed by atoms with E-state index in [-0.39, 0.29) is 0 Å². The molecule has 4 heteroatoms. The van der Waals surface area contributed by atoms with Crippen molar-refractivity contribution >= 4 is 0 Å². The SMILES string of the molecule is COCCNCCCN1CCN(CC(C)C)CC1. The first-order valence-electron chi connectivity index (χ1n) is 7.36. The lowest BCUT2D eigenvalue weighted by molar-refractivity contribution is 0.121. The molecule has 0 unspecified atom stereocenters. The van der Waals surface area contributed by atoms with E-state index in [2.05, 4.69) is 29.0 Å². The number of rotatable bonds is 9. The second kappa shape index (κ2) is 9.73. The monoisotopic (exact) mass is 257 g/mol. The average molecular weight is 257 g/mol. The van der Waals surface area contributed by atoms with Crippen LogP contribution in [0.2, 0.25) is 0 Å². The fraction of sp³-hybridized carbons (Fsp3) is 1.00. The summed E-state index contributed by atoms with van der Waals surface area (Å²) < 4.78 is 5.00. The van der Waals surface area contributed by atoms with E-state index < -0.39 is 0 Å². The van der Waals surface area contributed by atoms with E-state index in [9.17, 15) is 0 Å². The van der Waals surface area contributed by atoms with Crippen molar-refractivity contribution in [1.29, 1.82) is 0 Å². The van der Waals surface area contributed by atoms with Gasteiger partial charge in [-0.25, -0.2) is 0 Å². The van der Waals surface area contributed by atoms with Crippen molar-refractivity contribution in [3.8, 4) is 0 Å². The van der Waals surface area contributed by atoms with Crippen LogP contribution in [0.4, 0.5) is 0 Å². The highest BCUT2D eigenvalue weighted by atomic mass is 16.5. The molecule has 1 N–H and O–H groups in total. The van der Waals surface area contributed by atoms with E-state index in [1.807, 2.05) is 0 Å². The molecule has 1 aliphatic rings. The van der Waals surface area contributed by atoms with Crippen LogP contribution in [-0.4, -0.2) is 75.9 Å². The predicted octanol–water partition coefficient (Wildman–Crippen LogP) is 0.886.